The second-order valence-corrected chi connectivity index (χ2v) is 7.38. The number of fused-ring (bicyclic) bond motifs is 1. The molecule has 7 nitrogen and oxygen atoms in total. The van der Waals surface area contributed by atoms with Gasteiger partial charge in [-0.25, -0.2) is 9.97 Å². The van der Waals surface area contributed by atoms with E-state index in [-0.39, 0.29) is 11.7 Å². The van der Waals surface area contributed by atoms with E-state index < -0.39 is 0 Å². The van der Waals surface area contributed by atoms with Crippen molar-refractivity contribution in [2.24, 2.45) is 0 Å². The summed E-state index contributed by atoms with van der Waals surface area (Å²) < 4.78 is 11.3. The molecular weight excluding hydrogens is 392 g/mol. The summed E-state index contributed by atoms with van der Waals surface area (Å²) >= 11 is 0. The Kier molecular flexibility index (Phi) is 4.93. The quantitative estimate of drug-likeness (QED) is 0.489. The number of carbonyl (C=O) groups excluding carboxylic acids is 1. The molecule has 5 rings (SSSR count). The van der Waals surface area contributed by atoms with Gasteiger partial charge in [-0.2, -0.15) is 0 Å². The van der Waals surface area contributed by atoms with E-state index in [0.29, 0.717) is 30.5 Å². The van der Waals surface area contributed by atoms with Crippen LogP contribution in [0, 0.1) is 6.92 Å². The first-order valence-electron chi connectivity index (χ1n) is 9.91. The summed E-state index contributed by atoms with van der Waals surface area (Å²) in [5.74, 6) is 1.11. The topological polar surface area (TPSA) is 89.1 Å². The summed E-state index contributed by atoms with van der Waals surface area (Å²) in [5.41, 5.74) is 5.61. The van der Waals surface area contributed by atoms with Crippen molar-refractivity contribution in [3.05, 3.63) is 89.5 Å². The molecular formula is C24H20N4O3. The standard InChI is InChI=1S/C24H20N4O3/c1-15-7-8-25-22(9-15)31-20-4-2-3-16(11-20)21-12-26-23(28-21)24(29)27-19-6-5-17-13-30-14-18(17)10-19/h2-12H,13-14H2,1H3,(H,26,28)(H,27,29). The molecule has 1 aliphatic heterocycles. The van der Waals surface area contributed by atoms with Crippen LogP contribution < -0.4 is 10.1 Å². The molecule has 1 aliphatic rings. The summed E-state index contributed by atoms with van der Waals surface area (Å²) in [6.45, 7) is 3.17. The van der Waals surface area contributed by atoms with Crippen LogP contribution in [0.5, 0.6) is 11.6 Å². The molecule has 2 N–H and O–H groups in total. The highest BCUT2D eigenvalue weighted by molar-refractivity contribution is 6.02. The Morgan fingerprint density at radius 1 is 1.06 bits per heavy atom. The third-order valence-corrected chi connectivity index (χ3v) is 5.03. The van der Waals surface area contributed by atoms with Crippen LogP contribution >= 0.6 is 0 Å². The maximum Gasteiger partial charge on any atom is 0.291 e. The second kappa shape index (κ2) is 8.04. The van der Waals surface area contributed by atoms with Gasteiger partial charge >= 0.3 is 0 Å². The zero-order valence-corrected chi connectivity index (χ0v) is 16.9. The fraction of sp³-hybridized carbons (Fsp3) is 0.125. The Bertz CT molecular complexity index is 1270. The van der Waals surface area contributed by atoms with Gasteiger partial charge < -0.3 is 19.8 Å². The Morgan fingerprint density at radius 3 is 2.87 bits per heavy atom. The Labute approximate surface area is 179 Å². The largest absolute Gasteiger partial charge is 0.439 e. The number of anilines is 1. The molecule has 0 fully saturated rings. The number of hydrogen-bond acceptors (Lipinski definition) is 5. The number of aryl methyl sites for hydroxylation is 1. The van der Waals surface area contributed by atoms with Gasteiger partial charge in [-0.05, 0) is 53.9 Å². The highest BCUT2D eigenvalue weighted by Gasteiger charge is 2.15. The highest BCUT2D eigenvalue weighted by Crippen LogP contribution is 2.27. The number of imidazole rings is 1. The molecule has 154 valence electrons. The van der Waals surface area contributed by atoms with Crippen LogP contribution in [-0.4, -0.2) is 20.9 Å². The first-order valence-corrected chi connectivity index (χ1v) is 9.91. The van der Waals surface area contributed by atoms with Crippen molar-refractivity contribution in [1.29, 1.82) is 0 Å². The average Bonchev–Trinajstić information content (AvgIpc) is 3.43. The lowest BCUT2D eigenvalue weighted by Crippen LogP contribution is -2.13. The SMILES string of the molecule is Cc1ccnc(Oc2cccc(-c3cnc(C(=O)Nc4ccc5c(c4)COC5)[nH]3)c2)c1. The summed E-state index contributed by atoms with van der Waals surface area (Å²) in [7, 11) is 0. The van der Waals surface area contributed by atoms with Crippen molar-refractivity contribution >= 4 is 11.6 Å². The molecule has 0 spiro atoms. The highest BCUT2D eigenvalue weighted by atomic mass is 16.5. The van der Waals surface area contributed by atoms with Crippen molar-refractivity contribution in [3.8, 4) is 22.9 Å². The van der Waals surface area contributed by atoms with Crippen molar-refractivity contribution in [2.45, 2.75) is 20.1 Å². The molecule has 0 saturated heterocycles. The molecule has 0 saturated carbocycles. The van der Waals surface area contributed by atoms with Crippen LogP contribution in [-0.2, 0) is 18.0 Å². The van der Waals surface area contributed by atoms with Crippen LogP contribution in [0.4, 0.5) is 5.69 Å². The number of carbonyl (C=O) groups is 1. The molecule has 4 aromatic rings. The van der Waals surface area contributed by atoms with Crippen LogP contribution in [0.1, 0.15) is 27.3 Å². The third-order valence-electron chi connectivity index (χ3n) is 5.03. The molecule has 0 atom stereocenters. The minimum Gasteiger partial charge on any atom is -0.439 e. The minimum atomic E-state index is -0.304. The maximum absolute atomic E-state index is 12.6. The number of hydrogen-bond donors (Lipinski definition) is 2. The molecule has 31 heavy (non-hydrogen) atoms. The van der Waals surface area contributed by atoms with Crippen LogP contribution in [0.25, 0.3) is 11.3 Å². The van der Waals surface area contributed by atoms with Crippen molar-refractivity contribution in [1.82, 2.24) is 15.0 Å². The van der Waals surface area contributed by atoms with Gasteiger partial charge in [0.25, 0.3) is 5.91 Å². The van der Waals surface area contributed by atoms with E-state index in [9.17, 15) is 4.79 Å². The van der Waals surface area contributed by atoms with Gasteiger partial charge in [0.1, 0.15) is 5.75 Å². The van der Waals surface area contributed by atoms with Gasteiger partial charge in [0.15, 0.2) is 5.82 Å². The zero-order chi connectivity index (χ0) is 21.2. The number of benzene rings is 2. The van der Waals surface area contributed by atoms with Crippen molar-refractivity contribution in [3.63, 3.8) is 0 Å². The number of rotatable bonds is 5. The third kappa shape index (κ3) is 4.17. The van der Waals surface area contributed by atoms with E-state index in [4.69, 9.17) is 9.47 Å². The van der Waals surface area contributed by atoms with E-state index in [1.54, 1.807) is 12.4 Å². The fourth-order valence-electron chi connectivity index (χ4n) is 3.44. The number of nitrogens with zero attached hydrogens (tertiary/aromatic N) is 2. The van der Waals surface area contributed by atoms with Crippen molar-refractivity contribution < 1.29 is 14.3 Å². The lowest BCUT2D eigenvalue weighted by Gasteiger charge is -2.07. The van der Waals surface area contributed by atoms with Gasteiger partial charge in [0, 0.05) is 23.5 Å². The minimum absolute atomic E-state index is 0.235. The number of H-pyrrole nitrogens is 1. The predicted molar refractivity (Wildman–Crippen MR) is 116 cm³/mol. The maximum atomic E-state index is 12.6. The molecule has 2 aromatic heterocycles. The average molecular weight is 412 g/mol. The number of amides is 1. The number of aromatic nitrogens is 3. The normalized spacial score (nSPS) is 12.4. The van der Waals surface area contributed by atoms with Gasteiger partial charge in [-0.15, -0.1) is 0 Å². The summed E-state index contributed by atoms with van der Waals surface area (Å²) in [6.07, 6.45) is 3.35. The van der Waals surface area contributed by atoms with Gasteiger partial charge in [0.2, 0.25) is 5.88 Å². The molecule has 0 radical (unpaired) electrons. The Balaban J connectivity index is 1.31. The van der Waals surface area contributed by atoms with E-state index >= 15 is 0 Å². The molecule has 1 amide bonds. The lowest BCUT2D eigenvalue weighted by molar-refractivity contribution is 0.101. The number of ether oxygens (including phenoxy) is 2. The first kappa shape index (κ1) is 19.0. The predicted octanol–water partition coefficient (Wildman–Crippen LogP) is 4.85. The molecule has 0 bridgehead atoms. The summed E-state index contributed by atoms with van der Waals surface area (Å²) in [5, 5.41) is 2.88. The Morgan fingerprint density at radius 2 is 1.97 bits per heavy atom. The first-order chi connectivity index (χ1) is 15.1. The molecule has 2 aromatic carbocycles. The van der Waals surface area contributed by atoms with Gasteiger partial charge in [0.05, 0.1) is 25.1 Å². The summed E-state index contributed by atoms with van der Waals surface area (Å²) in [6, 6.07) is 17.1. The molecule has 0 aliphatic carbocycles. The number of aromatic amines is 1. The van der Waals surface area contributed by atoms with Gasteiger partial charge in [-0.1, -0.05) is 18.2 Å². The zero-order valence-electron chi connectivity index (χ0n) is 16.9. The van der Waals surface area contributed by atoms with Crippen molar-refractivity contribution in [2.75, 3.05) is 5.32 Å². The monoisotopic (exact) mass is 412 g/mol. The van der Waals surface area contributed by atoms with Crippen LogP contribution in [0.2, 0.25) is 0 Å². The molecule has 0 unspecified atom stereocenters. The summed E-state index contributed by atoms with van der Waals surface area (Å²) in [4.78, 5) is 24.2. The fourth-order valence-corrected chi connectivity index (χ4v) is 3.44. The second-order valence-electron chi connectivity index (χ2n) is 7.38. The van der Waals surface area contributed by atoms with E-state index in [2.05, 4.69) is 20.3 Å². The molecule has 3 heterocycles. The number of pyridine rings is 1. The van der Waals surface area contributed by atoms with Gasteiger partial charge in [-0.3, -0.25) is 4.79 Å². The Hall–Kier alpha value is -3.97. The lowest BCUT2D eigenvalue weighted by atomic mass is 10.1. The smallest absolute Gasteiger partial charge is 0.291 e. The molecule has 7 heteroatoms. The van der Waals surface area contributed by atoms with E-state index in [0.717, 1.165) is 27.9 Å². The van der Waals surface area contributed by atoms with E-state index in [1.165, 1.54) is 0 Å². The number of nitrogens with one attached hydrogen (secondary N) is 2. The van der Waals surface area contributed by atoms with Crippen LogP contribution in [0.3, 0.4) is 0 Å². The van der Waals surface area contributed by atoms with Crippen LogP contribution in [0.15, 0.2) is 67.0 Å². The van der Waals surface area contributed by atoms with E-state index in [1.807, 2.05) is 61.5 Å².